The zero-order chi connectivity index (χ0) is 11.5. The molecule has 0 aromatic heterocycles. The fourth-order valence-corrected chi connectivity index (χ4v) is 1.61. The number of nitrogens with zero attached hydrogens (tertiary/aromatic N) is 2. The highest BCUT2D eigenvalue weighted by atomic mass is 16.2. The lowest BCUT2D eigenvalue weighted by Crippen LogP contribution is -2.31. The number of carbonyl (C=O) groups is 2. The highest BCUT2D eigenvalue weighted by molar-refractivity contribution is 5.97. The fourth-order valence-electron chi connectivity index (χ4n) is 1.61. The SMILES string of the molecule is NNC(=O)CC1N=NC(=O)c2ccccc21. The van der Waals surface area contributed by atoms with Gasteiger partial charge in [0.1, 0.15) is 6.04 Å². The van der Waals surface area contributed by atoms with Gasteiger partial charge in [0.2, 0.25) is 5.91 Å². The van der Waals surface area contributed by atoms with Crippen LogP contribution in [-0.4, -0.2) is 11.8 Å². The summed E-state index contributed by atoms with van der Waals surface area (Å²) in [6, 6.07) is 6.54. The third-order valence-corrected chi connectivity index (χ3v) is 2.38. The van der Waals surface area contributed by atoms with Crippen molar-refractivity contribution < 1.29 is 9.59 Å². The summed E-state index contributed by atoms with van der Waals surface area (Å²) >= 11 is 0. The van der Waals surface area contributed by atoms with E-state index in [1.165, 1.54) is 0 Å². The van der Waals surface area contributed by atoms with E-state index in [1.54, 1.807) is 24.3 Å². The van der Waals surface area contributed by atoms with Crippen LogP contribution in [0.5, 0.6) is 0 Å². The third kappa shape index (κ3) is 1.82. The number of fused-ring (bicyclic) bond motifs is 1. The summed E-state index contributed by atoms with van der Waals surface area (Å²) in [5.41, 5.74) is 3.24. The first-order chi connectivity index (χ1) is 7.72. The first-order valence-electron chi connectivity index (χ1n) is 4.76. The summed E-state index contributed by atoms with van der Waals surface area (Å²) in [6.45, 7) is 0. The summed E-state index contributed by atoms with van der Waals surface area (Å²) in [5.74, 6) is 4.28. The highest BCUT2D eigenvalue weighted by Gasteiger charge is 2.24. The van der Waals surface area contributed by atoms with E-state index in [1.807, 2.05) is 5.43 Å². The molecule has 2 amide bonds. The molecule has 1 aliphatic rings. The second kappa shape index (κ2) is 4.19. The van der Waals surface area contributed by atoms with Crippen LogP contribution in [0.3, 0.4) is 0 Å². The molecule has 16 heavy (non-hydrogen) atoms. The second-order valence-corrected chi connectivity index (χ2v) is 3.40. The minimum Gasteiger partial charge on any atom is -0.294 e. The predicted octanol–water partition coefficient (Wildman–Crippen LogP) is 0.714. The van der Waals surface area contributed by atoms with E-state index in [2.05, 4.69) is 10.2 Å². The fraction of sp³-hybridized carbons (Fsp3) is 0.200. The molecule has 1 aliphatic heterocycles. The van der Waals surface area contributed by atoms with E-state index in [4.69, 9.17) is 5.84 Å². The zero-order valence-corrected chi connectivity index (χ0v) is 8.38. The van der Waals surface area contributed by atoms with Gasteiger partial charge in [0, 0.05) is 5.56 Å². The van der Waals surface area contributed by atoms with Gasteiger partial charge in [0.15, 0.2) is 0 Å². The Hall–Kier alpha value is -2.08. The minimum absolute atomic E-state index is 0.0876. The van der Waals surface area contributed by atoms with Crippen molar-refractivity contribution in [2.45, 2.75) is 12.5 Å². The van der Waals surface area contributed by atoms with Crippen LogP contribution < -0.4 is 11.3 Å². The summed E-state index contributed by atoms with van der Waals surface area (Å²) in [6.07, 6.45) is 0.0876. The van der Waals surface area contributed by atoms with Crippen molar-refractivity contribution in [3.8, 4) is 0 Å². The van der Waals surface area contributed by atoms with Crippen LogP contribution >= 0.6 is 0 Å². The van der Waals surface area contributed by atoms with Crippen molar-refractivity contribution >= 4 is 11.8 Å². The number of rotatable bonds is 2. The molecule has 0 spiro atoms. The maximum atomic E-state index is 11.4. The van der Waals surface area contributed by atoms with Gasteiger partial charge in [-0.25, -0.2) is 5.84 Å². The van der Waals surface area contributed by atoms with Gasteiger partial charge < -0.3 is 0 Å². The first-order valence-corrected chi connectivity index (χ1v) is 4.76. The van der Waals surface area contributed by atoms with Crippen LogP contribution in [0.2, 0.25) is 0 Å². The van der Waals surface area contributed by atoms with Crippen LogP contribution in [0, 0.1) is 0 Å². The lowest BCUT2D eigenvalue weighted by molar-refractivity contribution is -0.121. The zero-order valence-electron chi connectivity index (χ0n) is 8.38. The van der Waals surface area contributed by atoms with E-state index >= 15 is 0 Å². The average molecular weight is 218 g/mol. The van der Waals surface area contributed by atoms with Crippen LogP contribution in [-0.2, 0) is 4.79 Å². The lowest BCUT2D eigenvalue weighted by atomic mass is 9.97. The molecular weight excluding hydrogens is 208 g/mol. The van der Waals surface area contributed by atoms with Crippen molar-refractivity contribution in [1.82, 2.24) is 5.43 Å². The Labute approximate surface area is 91.5 Å². The molecule has 1 atom stereocenters. The molecule has 1 heterocycles. The Bertz CT molecular complexity index is 470. The molecule has 6 heteroatoms. The molecule has 82 valence electrons. The number of hydrazine groups is 1. The number of benzene rings is 1. The number of hydrogen-bond acceptors (Lipinski definition) is 4. The van der Waals surface area contributed by atoms with Crippen LogP contribution in [0.4, 0.5) is 0 Å². The molecule has 1 unspecified atom stereocenters. The van der Waals surface area contributed by atoms with E-state index < -0.39 is 6.04 Å². The molecule has 3 N–H and O–H groups in total. The molecule has 2 rings (SSSR count). The molecule has 6 nitrogen and oxygen atoms in total. The topological polar surface area (TPSA) is 96.9 Å². The number of hydrogen-bond donors (Lipinski definition) is 2. The molecular formula is C10H10N4O2. The third-order valence-electron chi connectivity index (χ3n) is 2.38. The molecule has 0 bridgehead atoms. The largest absolute Gasteiger partial charge is 0.295 e. The van der Waals surface area contributed by atoms with Gasteiger partial charge >= 0.3 is 0 Å². The lowest BCUT2D eigenvalue weighted by Gasteiger charge is -2.16. The van der Waals surface area contributed by atoms with Gasteiger partial charge in [-0.15, -0.1) is 5.11 Å². The summed E-state index contributed by atoms with van der Waals surface area (Å²) in [4.78, 5) is 22.5. The van der Waals surface area contributed by atoms with Crippen molar-refractivity contribution in [3.05, 3.63) is 35.4 Å². The smallest absolute Gasteiger partial charge is 0.294 e. The Morgan fingerprint density at radius 3 is 2.94 bits per heavy atom. The monoisotopic (exact) mass is 218 g/mol. The molecule has 0 saturated heterocycles. The van der Waals surface area contributed by atoms with Gasteiger partial charge in [-0.2, -0.15) is 5.11 Å². The number of carbonyl (C=O) groups excluding carboxylic acids is 2. The molecule has 0 fully saturated rings. The molecule has 1 aromatic carbocycles. The summed E-state index contributed by atoms with van der Waals surface area (Å²) in [5, 5.41) is 7.30. The van der Waals surface area contributed by atoms with Gasteiger partial charge in [-0.1, -0.05) is 18.2 Å². The molecule has 0 saturated carbocycles. The predicted molar refractivity (Wildman–Crippen MR) is 55.3 cm³/mol. The molecule has 0 radical (unpaired) electrons. The van der Waals surface area contributed by atoms with E-state index in [0.717, 1.165) is 0 Å². The van der Waals surface area contributed by atoms with E-state index in [-0.39, 0.29) is 18.2 Å². The quantitative estimate of drug-likeness (QED) is 0.434. The van der Waals surface area contributed by atoms with Crippen molar-refractivity contribution in [2.75, 3.05) is 0 Å². The number of azo groups is 1. The van der Waals surface area contributed by atoms with Crippen LogP contribution in [0.25, 0.3) is 0 Å². The first kappa shape index (κ1) is 10.4. The minimum atomic E-state index is -0.433. The van der Waals surface area contributed by atoms with Gasteiger partial charge in [0.05, 0.1) is 6.42 Å². The standard InChI is InChI=1S/C10H10N4O2/c11-12-9(15)5-8-6-3-1-2-4-7(6)10(16)14-13-8/h1-4,8H,5,11H2,(H,12,15). The Balaban J connectivity index is 2.32. The van der Waals surface area contributed by atoms with Gasteiger partial charge in [-0.3, -0.25) is 15.0 Å². The van der Waals surface area contributed by atoms with Gasteiger partial charge in [0.25, 0.3) is 5.91 Å². The van der Waals surface area contributed by atoms with E-state index in [9.17, 15) is 9.59 Å². The number of nitrogens with two attached hydrogens (primary N) is 1. The van der Waals surface area contributed by atoms with Gasteiger partial charge in [-0.05, 0) is 11.6 Å². The molecule has 0 aliphatic carbocycles. The highest BCUT2D eigenvalue weighted by Crippen LogP contribution is 2.29. The van der Waals surface area contributed by atoms with Crippen molar-refractivity contribution in [2.24, 2.45) is 16.1 Å². The molecule has 1 aromatic rings. The number of amides is 2. The van der Waals surface area contributed by atoms with Crippen LogP contribution in [0.1, 0.15) is 28.4 Å². The summed E-state index contributed by atoms with van der Waals surface area (Å²) in [7, 11) is 0. The summed E-state index contributed by atoms with van der Waals surface area (Å²) < 4.78 is 0. The van der Waals surface area contributed by atoms with E-state index in [0.29, 0.717) is 11.1 Å². The van der Waals surface area contributed by atoms with Crippen molar-refractivity contribution in [1.29, 1.82) is 0 Å². The average Bonchev–Trinajstić information content (AvgIpc) is 2.33. The Morgan fingerprint density at radius 2 is 2.19 bits per heavy atom. The number of nitrogens with one attached hydrogen (secondary N) is 1. The Kier molecular flexibility index (Phi) is 2.74. The maximum Gasteiger partial charge on any atom is 0.295 e. The maximum absolute atomic E-state index is 11.4. The van der Waals surface area contributed by atoms with Crippen LogP contribution in [0.15, 0.2) is 34.5 Å². The second-order valence-electron chi connectivity index (χ2n) is 3.40. The Morgan fingerprint density at radius 1 is 1.44 bits per heavy atom. The normalized spacial score (nSPS) is 18.1. The van der Waals surface area contributed by atoms with Crippen molar-refractivity contribution in [3.63, 3.8) is 0 Å².